The number of hydrogen-bond acceptors (Lipinski definition) is 7. The summed E-state index contributed by atoms with van der Waals surface area (Å²) >= 11 is 1.58. The van der Waals surface area contributed by atoms with E-state index in [0.717, 1.165) is 49.3 Å². The second-order valence-electron chi connectivity index (χ2n) is 10.7. The lowest BCUT2D eigenvalue weighted by molar-refractivity contribution is 0.102. The van der Waals surface area contributed by atoms with Gasteiger partial charge in [-0.3, -0.25) is 14.4 Å². The third kappa shape index (κ3) is 10.1. The van der Waals surface area contributed by atoms with E-state index in [1.807, 2.05) is 36.6 Å². The Morgan fingerprint density at radius 1 is 0.911 bits per heavy atom. The summed E-state index contributed by atoms with van der Waals surface area (Å²) in [5.74, 6) is 0.733. The summed E-state index contributed by atoms with van der Waals surface area (Å²) in [6.45, 7) is 2.67. The average molecular weight is 671 g/mol. The van der Waals surface area contributed by atoms with Crippen molar-refractivity contribution in [1.29, 1.82) is 0 Å². The molecule has 1 aliphatic heterocycles. The van der Waals surface area contributed by atoms with Crippen LogP contribution in [0.1, 0.15) is 28.8 Å². The van der Waals surface area contributed by atoms with Crippen LogP contribution >= 0.6 is 24.2 Å². The molecule has 45 heavy (non-hydrogen) atoms. The summed E-state index contributed by atoms with van der Waals surface area (Å²) in [6.07, 6.45) is 4.96. The van der Waals surface area contributed by atoms with Gasteiger partial charge in [-0.05, 0) is 104 Å². The Morgan fingerprint density at radius 2 is 1.51 bits per heavy atom. The van der Waals surface area contributed by atoms with E-state index in [2.05, 4.69) is 32.4 Å². The predicted molar refractivity (Wildman–Crippen MR) is 183 cm³/mol. The van der Waals surface area contributed by atoms with Gasteiger partial charge in [0.1, 0.15) is 17.3 Å². The molecule has 0 atom stereocenters. The molecule has 4 aromatic carbocycles. The SMILES string of the molecule is CSc1ccc(NC2CCN(Cc3ccc(Oc4ccc(NS(C)(=O)=O)cc4)cc3)CC2)c(C(=O)Nc2ccc(F)cc2)c1.Cl. The van der Waals surface area contributed by atoms with E-state index in [1.54, 1.807) is 48.2 Å². The van der Waals surface area contributed by atoms with Crippen molar-refractivity contribution in [3.63, 3.8) is 0 Å². The lowest BCUT2D eigenvalue weighted by atomic mass is 10.0. The highest BCUT2D eigenvalue weighted by Gasteiger charge is 2.22. The van der Waals surface area contributed by atoms with Gasteiger partial charge in [-0.25, -0.2) is 12.8 Å². The first-order valence-corrected chi connectivity index (χ1v) is 17.3. The number of nitrogens with one attached hydrogen (secondary N) is 3. The monoisotopic (exact) mass is 670 g/mol. The largest absolute Gasteiger partial charge is 0.457 e. The molecule has 0 aromatic heterocycles. The minimum atomic E-state index is -3.32. The highest BCUT2D eigenvalue weighted by atomic mass is 35.5. The van der Waals surface area contributed by atoms with Gasteiger partial charge in [0.15, 0.2) is 0 Å². The van der Waals surface area contributed by atoms with E-state index in [4.69, 9.17) is 4.74 Å². The standard InChI is InChI=1S/C33H35FN4O4S2.ClH/c1-43-30-15-16-32(31(21-30)33(39)36-25-7-5-24(34)6-8-25)35-26-17-19-38(20-18-26)22-23-3-11-28(12-4-23)42-29-13-9-27(10-14-29)37-44(2,40)41;/h3-16,21,26,35,37H,17-20,22H2,1-2H3,(H,36,39);1H. The fourth-order valence-corrected chi connectivity index (χ4v) is 6.02. The number of anilines is 3. The minimum Gasteiger partial charge on any atom is -0.457 e. The first-order valence-electron chi connectivity index (χ1n) is 14.2. The number of halogens is 2. The number of ether oxygens (including phenoxy) is 1. The number of likely N-dealkylation sites (tertiary alicyclic amines) is 1. The third-order valence-corrected chi connectivity index (χ3v) is 8.58. The van der Waals surface area contributed by atoms with E-state index < -0.39 is 10.0 Å². The number of carbonyl (C=O) groups is 1. The Bertz CT molecular complexity index is 1680. The summed E-state index contributed by atoms with van der Waals surface area (Å²) < 4.78 is 44.4. The Hall–Kier alpha value is -3.77. The van der Waals surface area contributed by atoms with Gasteiger partial charge in [0.25, 0.3) is 5.91 Å². The van der Waals surface area contributed by atoms with Crippen molar-refractivity contribution in [3.8, 4) is 11.5 Å². The van der Waals surface area contributed by atoms with Gasteiger partial charge in [-0.15, -0.1) is 24.2 Å². The molecule has 1 amide bonds. The van der Waals surface area contributed by atoms with Crippen LogP contribution in [0, 0.1) is 5.82 Å². The van der Waals surface area contributed by atoms with Gasteiger partial charge < -0.3 is 15.4 Å². The molecular weight excluding hydrogens is 635 g/mol. The van der Waals surface area contributed by atoms with Crippen LogP contribution in [0.25, 0.3) is 0 Å². The van der Waals surface area contributed by atoms with Crippen LogP contribution in [0.3, 0.4) is 0 Å². The van der Waals surface area contributed by atoms with Crippen LogP contribution in [0.2, 0.25) is 0 Å². The topological polar surface area (TPSA) is 99.8 Å². The number of sulfonamides is 1. The number of benzene rings is 4. The molecule has 12 heteroatoms. The van der Waals surface area contributed by atoms with E-state index in [0.29, 0.717) is 28.4 Å². The van der Waals surface area contributed by atoms with Gasteiger partial charge >= 0.3 is 0 Å². The summed E-state index contributed by atoms with van der Waals surface area (Å²) in [7, 11) is -3.32. The Balaban J connectivity index is 0.00000461. The second kappa shape index (κ2) is 15.5. The Labute approximate surface area is 274 Å². The third-order valence-electron chi connectivity index (χ3n) is 7.24. The van der Waals surface area contributed by atoms with Crippen molar-refractivity contribution in [1.82, 2.24) is 4.90 Å². The van der Waals surface area contributed by atoms with E-state index in [-0.39, 0.29) is 30.2 Å². The quantitative estimate of drug-likeness (QED) is 0.143. The van der Waals surface area contributed by atoms with Gasteiger partial charge in [0.2, 0.25) is 10.0 Å². The number of hydrogen-bond donors (Lipinski definition) is 3. The molecule has 238 valence electrons. The van der Waals surface area contributed by atoms with E-state index in [1.165, 1.54) is 17.7 Å². The lowest BCUT2D eigenvalue weighted by Crippen LogP contribution is -2.39. The highest BCUT2D eigenvalue weighted by Crippen LogP contribution is 2.28. The van der Waals surface area contributed by atoms with Crippen LogP contribution in [0.15, 0.2) is 95.9 Å². The summed E-state index contributed by atoms with van der Waals surface area (Å²) in [6, 6.07) is 26.6. The molecule has 3 N–H and O–H groups in total. The normalized spacial score (nSPS) is 13.8. The molecular formula is C33H36ClFN4O4S2. The van der Waals surface area contributed by atoms with Crippen molar-refractivity contribution in [2.75, 3.05) is 41.0 Å². The van der Waals surface area contributed by atoms with Crippen LogP contribution in [-0.4, -0.2) is 50.9 Å². The molecule has 1 fully saturated rings. The van der Waals surface area contributed by atoms with Crippen LogP contribution in [-0.2, 0) is 16.6 Å². The van der Waals surface area contributed by atoms with Crippen LogP contribution in [0.4, 0.5) is 21.5 Å². The molecule has 5 rings (SSSR count). The van der Waals surface area contributed by atoms with Gasteiger partial charge in [-0.1, -0.05) is 12.1 Å². The minimum absolute atomic E-state index is 0. The maximum Gasteiger partial charge on any atom is 0.257 e. The van der Waals surface area contributed by atoms with Crippen molar-refractivity contribution in [2.24, 2.45) is 0 Å². The molecule has 4 aromatic rings. The number of piperidine rings is 1. The van der Waals surface area contributed by atoms with Gasteiger partial charge in [0.05, 0.1) is 11.8 Å². The first-order chi connectivity index (χ1) is 21.1. The summed E-state index contributed by atoms with van der Waals surface area (Å²) in [5, 5.41) is 6.48. The maximum absolute atomic E-state index is 13.3. The number of amides is 1. The fraction of sp³-hybridized carbons (Fsp3) is 0.242. The summed E-state index contributed by atoms with van der Waals surface area (Å²) in [5.41, 5.74) is 3.56. The molecule has 0 spiro atoms. The number of nitrogens with zero attached hydrogens (tertiary/aromatic N) is 1. The summed E-state index contributed by atoms with van der Waals surface area (Å²) in [4.78, 5) is 16.6. The molecule has 1 saturated heterocycles. The van der Waals surface area contributed by atoms with E-state index >= 15 is 0 Å². The Kier molecular flexibility index (Phi) is 11.7. The predicted octanol–water partition coefficient (Wildman–Crippen LogP) is 7.46. The van der Waals surface area contributed by atoms with Crippen molar-refractivity contribution in [3.05, 3.63) is 108 Å². The molecule has 8 nitrogen and oxygen atoms in total. The molecule has 0 unspecified atom stereocenters. The number of rotatable bonds is 11. The molecule has 0 bridgehead atoms. The van der Waals surface area contributed by atoms with E-state index in [9.17, 15) is 17.6 Å². The lowest BCUT2D eigenvalue weighted by Gasteiger charge is -2.33. The highest BCUT2D eigenvalue weighted by molar-refractivity contribution is 7.98. The zero-order valence-electron chi connectivity index (χ0n) is 25.0. The van der Waals surface area contributed by atoms with Crippen molar-refractivity contribution < 1.29 is 22.3 Å². The van der Waals surface area contributed by atoms with Gasteiger partial charge in [-0.2, -0.15) is 0 Å². The zero-order chi connectivity index (χ0) is 31.1. The number of thioether (sulfide) groups is 1. The molecule has 0 aliphatic carbocycles. The van der Waals surface area contributed by atoms with Crippen LogP contribution in [0.5, 0.6) is 11.5 Å². The first kappa shape index (κ1) is 34.1. The Morgan fingerprint density at radius 3 is 2.11 bits per heavy atom. The van der Waals surface area contributed by atoms with Gasteiger partial charge in [0, 0.05) is 47.6 Å². The average Bonchev–Trinajstić information content (AvgIpc) is 3.00. The van der Waals surface area contributed by atoms with Crippen LogP contribution < -0.4 is 20.1 Å². The molecule has 1 heterocycles. The van der Waals surface area contributed by atoms with Crippen molar-refractivity contribution in [2.45, 2.75) is 30.3 Å². The number of carbonyl (C=O) groups excluding carboxylic acids is 1. The maximum atomic E-state index is 13.3. The van der Waals surface area contributed by atoms with Crippen molar-refractivity contribution >= 4 is 57.2 Å². The zero-order valence-corrected chi connectivity index (χ0v) is 27.4. The second-order valence-corrected chi connectivity index (χ2v) is 13.3. The molecule has 0 radical (unpaired) electrons. The fourth-order valence-electron chi connectivity index (χ4n) is 5.01. The smallest absolute Gasteiger partial charge is 0.257 e. The molecule has 1 aliphatic rings. The molecule has 0 saturated carbocycles.